The summed E-state index contributed by atoms with van der Waals surface area (Å²) in [4.78, 5) is 9.25. The van der Waals surface area contributed by atoms with E-state index in [1.165, 1.54) is 0 Å². The molecule has 0 aromatic heterocycles. The molecule has 3 N–H and O–H groups in total. The molecule has 0 aliphatic carbocycles. The molecule has 180 valence electrons. The van der Waals surface area contributed by atoms with Gasteiger partial charge in [-0.05, 0) is 65.3 Å². The van der Waals surface area contributed by atoms with Gasteiger partial charge in [-0.1, -0.05) is 12.6 Å². The Morgan fingerprint density at radius 1 is 0.967 bits per heavy atom. The second kappa shape index (κ2) is 12.8. The molecule has 0 rings (SSSR count). The number of aliphatic carboxylic acids is 1. The average Bonchev–Trinajstić information content (AvgIpc) is 2.50. The molecule has 0 heterocycles. The number of hydrogen-bond acceptors (Lipinski definition) is 7. The van der Waals surface area contributed by atoms with Crippen LogP contribution in [0.3, 0.4) is 0 Å². The van der Waals surface area contributed by atoms with Crippen LogP contribution in [0, 0.1) is 0 Å². The molecule has 0 saturated carbocycles. The van der Waals surface area contributed by atoms with Gasteiger partial charge < -0.3 is 33.3 Å². The van der Waals surface area contributed by atoms with Crippen LogP contribution < -0.4 is 0 Å². The van der Waals surface area contributed by atoms with Crippen LogP contribution in [0.5, 0.6) is 0 Å². The van der Waals surface area contributed by atoms with Gasteiger partial charge in [0.25, 0.3) is 5.79 Å². The number of hydrogen-bond donors (Lipinski definition) is 3. The minimum absolute atomic E-state index is 0.385. The molecule has 0 amide bonds. The third kappa shape index (κ3) is 14.0. The van der Waals surface area contributed by atoms with Crippen LogP contribution in [0.15, 0.2) is 12.7 Å². The van der Waals surface area contributed by atoms with Crippen molar-refractivity contribution in [2.45, 2.75) is 83.1 Å². The van der Waals surface area contributed by atoms with Crippen LogP contribution in [0.1, 0.15) is 6.42 Å². The first-order valence-electron chi connectivity index (χ1n) is 10.2. The number of aliphatic hydroxyl groups excluding tert-OH is 1. The average molecular weight is 501 g/mol. The molecule has 0 aliphatic heterocycles. The molecular formula is C18H44O8Si4. The topological polar surface area (TPSA) is 115 Å². The Hall–Kier alpha value is -0.162. The zero-order chi connectivity index (χ0) is 24.4. The third-order valence-corrected chi connectivity index (χ3v) is 6.43. The Kier molecular flexibility index (Phi) is 13.6. The third-order valence-electron chi connectivity index (χ3n) is 3.01. The van der Waals surface area contributed by atoms with Crippen molar-refractivity contribution in [2.75, 3.05) is 13.2 Å². The summed E-state index contributed by atoms with van der Waals surface area (Å²) in [7, 11) is -5.57. The summed E-state index contributed by atoms with van der Waals surface area (Å²) in [6.45, 7) is 20.5. The smallest absolute Gasteiger partial charge is 0.327 e. The Bertz CT molecular complexity index is 510. The Morgan fingerprint density at radius 2 is 1.33 bits per heavy atom. The summed E-state index contributed by atoms with van der Waals surface area (Å²) in [5.41, 5.74) is 0. The minimum atomic E-state index is -2.23. The van der Waals surface area contributed by atoms with E-state index in [0.717, 1.165) is 28.8 Å². The van der Waals surface area contributed by atoms with E-state index in [9.17, 15) is 15.0 Å². The molecule has 12 heteroatoms. The molecule has 1 unspecified atom stereocenters. The number of ether oxygens (including phenoxy) is 1. The lowest BCUT2D eigenvalue weighted by molar-refractivity contribution is -0.440. The molecule has 0 saturated heterocycles. The maximum Gasteiger partial charge on any atom is 0.327 e. The van der Waals surface area contributed by atoms with Gasteiger partial charge in [-0.2, -0.15) is 0 Å². The predicted octanol–water partition coefficient (Wildman–Crippen LogP) is 2.32. The van der Waals surface area contributed by atoms with E-state index in [0.29, 0.717) is 6.61 Å². The number of carboxylic acid groups (broad SMARTS) is 1. The summed E-state index contributed by atoms with van der Waals surface area (Å²) in [6, 6.07) is 1.07. The quantitative estimate of drug-likeness (QED) is 0.153. The van der Waals surface area contributed by atoms with Gasteiger partial charge in [0.15, 0.2) is 25.0 Å². The molecule has 8 nitrogen and oxygen atoms in total. The summed E-state index contributed by atoms with van der Waals surface area (Å²) >= 11 is 0. The second-order valence-corrected chi connectivity index (χ2v) is 24.2. The fraction of sp³-hybridized carbons (Fsp3) is 0.833. The highest BCUT2D eigenvalue weighted by atomic mass is 28.4. The van der Waals surface area contributed by atoms with Gasteiger partial charge in [-0.25, -0.2) is 4.79 Å². The zero-order valence-electron chi connectivity index (χ0n) is 20.5. The second-order valence-electron chi connectivity index (χ2n) is 9.89. The molecule has 0 fully saturated rings. The van der Waals surface area contributed by atoms with Crippen LogP contribution >= 0.6 is 0 Å². The monoisotopic (exact) mass is 500 g/mol. The largest absolute Gasteiger partial charge is 0.478 e. The van der Waals surface area contributed by atoms with Gasteiger partial charge in [0.05, 0.1) is 6.61 Å². The Morgan fingerprint density at radius 3 is 1.57 bits per heavy atom. The number of carbonyl (C=O) groups is 1. The Balaban J connectivity index is 0. The van der Waals surface area contributed by atoms with Crippen molar-refractivity contribution < 1.29 is 38.1 Å². The summed E-state index contributed by atoms with van der Waals surface area (Å²) < 4.78 is 24.6. The molecule has 0 spiro atoms. The van der Waals surface area contributed by atoms with Crippen molar-refractivity contribution in [2.24, 2.45) is 0 Å². The van der Waals surface area contributed by atoms with Gasteiger partial charge in [0.2, 0.25) is 0 Å². The lowest BCUT2D eigenvalue weighted by Gasteiger charge is -2.51. The molecule has 1 atom stereocenters. The lowest BCUT2D eigenvalue weighted by Crippen LogP contribution is -2.70. The molecule has 0 aromatic rings. The van der Waals surface area contributed by atoms with Gasteiger partial charge in [-0.15, -0.1) is 0 Å². The molecule has 0 aliphatic rings. The Labute approximate surface area is 188 Å². The summed E-state index contributed by atoms with van der Waals surface area (Å²) in [6.07, 6.45) is 1.69. The van der Waals surface area contributed by atoms with Crippen LogP contribution in [0.4, 0.5) is 0 Å². The fourth-order valence-corrected chi connectivity index (χ4v) is 5.91. The summed E-state index contributed by atoms with van der Waals surface area (Å²) in [5.74, 6) is -4.86. The standard InChI is InChI=1S/C15H40O6Si4.C3H4O2/c1-23(2,3)19-14(17,13-16)15(18-11-10-12-22,20-24(4,5)6)21-25(7,8)9;1-2-3(4)5/h16-17H,10-13H2,1-9,22H3;2H,1H2,(H,4,5). The SMILES string of the molecule is C=CC(=O)O.C[Si](C)(C)OC(O)(CO)C(OCCC[SiH3])(O[Si](C)(C)C)O[Si](C)(C)C. The van der Waals surface area contributed by atoms with E-state index in [1.54, 1.807) is 0 Å². The highest BCUT2D eigenvalue weighted by Crippen LogP contribution is 2.38. The van der Waals surface area contributed by atoms with Crippen molar-refractivity contribution in [3.8, 4) is 0 Å². The van der Waals surface area contributed by atoms with E-state index in [1.807, 2.05) is 58.9 Å². The maximum absolute atomic E-state index is 11.3. The first-order chi connectivity index (χ1) is 13.3. The van der Waals surface area contributed by atoms with Crippen molar-refractivity contribution >= 4 is 41.2 Å². The van der Waals surface area contributed by atoms with Crippen LogP contribution in [0.2, 0.25) is 65.0 Å². The van der Waals surface area contributed by atoms with Crippen LogP contribution in [0.25, 0.3) is 0 Å². The van der Waals surface area contributed by atoms with E-state index >= 15 is 0 Å². The first-order valence-corrected chi connectivity index (χ1v) is 21.8. The van der Waals surface area contributed by atoms with E-state index in [4.69, 9.17) is 23.1 Å². The highest BCUT2D eigenvalue weighted by Gasteiger charge is 2.60. The molecular weight excluding hydrogens is 457 g/mol. The maximum atomic E-state index is 11.3. The van der Waals surface area contributed by atoms with Crippen LogP contribution in [-0.2, 0) is 22.8 Å². The van der Waals surface area contributed by atoms with Crippen LogP contribution in [-0.4, -0.2) is 81.5 Å². The number of aliphatic hydroxyl groups is 2. The minimum Gasteiger partial charge on any atom is -0.478 e. The van der Waals surface area contributed by atoms with E-state index in [2.05, 4.69) is 6.58 Å². The van der Waals surface area contributed by atoms with Crippen molar-refractivity contribution in [3.63, 3.8) is 0 Å². The molecule has 30 heavy (non-hydrogen) atoms. The molecule has 0 radical (unpaired) electrons. The number of rotatable bonds is 13. The molecule has 0 aromatic carbocycles. The lowest BCUT2D eigenvalue weighted by atomic mass is 10.2. The van der Waals surface area contributed by atoms with E-state index in [-0.39, 0.29) is 0 Å². The normalized spacial score (nSPS) is 15.2. The van der Waals surface area contributed by atoms with E-state index < -0.39 is 49.3 Å². The van der Waals surface area contributed by atoms with Gasteiger partial charge >= 0.3 is 11.9 Å². The van der Waals surface area contributed by atoms with Gasteiger partial charge in [0.1, 0.15) is 6.61 Å². The zero-order valence-corrected chi connectivity index (χ0v) is 25.5. The number of carboxylic acids is 1. The summed E-state index contributed by atoms with van der Waals surface area (Å²) in [5, 5.41) is 29.0. The van der Waals surface area contributed by atoms with Gasteiger partial charge in [0, 0.05) is 16.3 Å². The first kappa shape index (κ1) is 32.0. The van der Waals surface area contributed by atoms with Gasteiger partial charge in [-0.3, -0.25) is 0 Å². The van der Waals surface area contributed by atoms with Crippen molar-refractivity contribution in [3.05, 3.63) is 12.7 Å². The highest BCUT2D eigenvalue weighted by molar-refractivity contribution is 6.71. The molecule has 0 bridgehead atoms. The predicted molar refractivity (Wildman–Crippen MR) is 131 cm³/mol. The van der Waals surface area contributed by atoms with Crippen molar-refractivity contribution in [1.82, 2.24) is 0 Å². The van der Waals surface area contributed by atoms with Crippen molar-refractivity contribution in [1.29, 1.82) is 0 Å². The fourth-order valence-electron chi connectivity index (χ4n) is 2.21.